The standard InChI is InChI=1S/C18H31N/c1-19-18(15-8-3-2-4-9-15)17-12-11-14-7-5-6-10-16(14)13-17/h8,14,16-19H,2-7,9-13H2,1H3. The van der Waals surface area contributed by atoms with Crippen molar-refractivity contribution in [2.24, 2.45) is 17.8 Å². The van der Waals surface area contributed by atoms with Crippen LogP contribution in [0, 0.1) is 17.8 Å². The number of hydrogen-bond acceptors (Lipinski definition) is 1. The smallest absolute Gasteiger partial charge is 0.0305 e. The molecule has 2 fully saturated rings. The van der Waals surface area contributed by atoms with Crippen LogP contribution in [0.25, 0.3) is 0 Å². The lowest BCUT2D eigenvalue weighted by Gasteiger charge is -2.42. The zero-order valence-corrected chi connectivity index (χ0v) is 12.7. The minimum absolute atomic E-state index is 0.697. The van der Waals surface area contributed by atoms with E-state index in [1.165, 1.54) is 70.6 Å². The van der Waals surface area contributed by atoms with Crippen LogP contribution in [-0.4, -0.2) is 13.1 Å². The molecule has 0 heterocycles. The first kappa shape index (κ1) is 13.7. The van der Waals surface area contributed by atoms with E-state index in [4.69, 9.17) is 0 Å². The van der Waals surface area contributed by atoms with E-state index in [9.17, 15) is 0 Å². The molecule has 3 rings (SSSR count). The predicted octanol–water partition coefficient (Wildman–Crippen LogP) is 4.68. The second kappa shape index (κ2) is 6.43. The average molecular weight is 261 g/mol. The zero-order valence-electron chi connectivity index (χ0n) is 12.7. The third kappa shape index (κ3) is 3.07. The van der Waals surface area contributed by atoms with Gasteiger partial charge in [0.15, 0.2) is 0 Å². The van der Waals surface area contributed by atoms with Crippen LogP contribution in [0.3, 0.4) is 0 Å². The van der Waals surface area contributed by atoms with E-state index in [-0.39, 0.29) is 0 Å². The van der Waals surface area contributed by atoms with Crippen molar-refractivity contribution in [3.8, 4) is 0 Å². The van der Waals surface area contributed by atoms with Crippen LogP contribution in [0.2, 0.25) is 0 Å². The van der Waals surface area contributed by atoms with Gasteiger partial charge in [-0.05, 0) is 69.7 Å². The molecule has 0 aromatic rings. The van der Waals surface area contributed by atoms with E-state index in [1.807, 2.05) is 0 Å². The molecule has 4 unspecified atom stereocenters. The summed E-state index contributed by atoms with van der Waals surface area (Å²) >= 11 is 0. The molecule has 4 atom stereocenters. The number of allylic oxidation sites excluding steroid dienone is 1. The first-order chi connectivity index (χ1) is 9.38. The molecule has 0 aromatic heterocycles. The summed E-state index contributed by atoms with van der Waals surface area (Å²) in [6.45, 7) is 0. The van der Waals surface area contributed by atoms with Gasteiger partial charge in [-0.25, -0.2) is 0 Å². The van der Waals surface area contributed by atoms with E-state index < -0.39 is 0 Å². The van der Waals surface area contributed by atoms with Crippen molar-refractivity contribution in [3.63, 3.8) is 0 Å². The minimum Gasteiger partial charge on any atom is -0.313 e. The van der Waals surface area contributed by atoms with Gasteiger partial charge in [0, 0.05) is 6.04 Å². The summed E-state index contributed by atoms with van der Waals surface area (Å²) in [5.74, 6) is 3.07. The first-order valence-electron chi connectivity index (χ1n) is 8.74. The highest BCUT2D eigenvalue weighted by molar-refractivity contribution is 5.15. The van der Waals surface area contributed by atoms with Crippen LogP contribution in [0.5, 0.6) is 0 Å². The Kier molecular flexibility index (Phi) is 4.63. The summed E-state index contributed by atoms with van der Waals surface area (Å²) in [4.78, 5) is 0. The Morgan fingerprint density at radius 3 is 2.58 bits per heavy atom. The summed E-state index contributed by atoms with van der Waals surface area (Å²) in [7, 11) is 2.19. The number of likely N-dealkylation sites (N-methyl/N-ethyl adjacent to an activating group) is 1. The van der Waals surface area contributed by atoms with Gasteiger partial charge in [0.1, 0.15) is 0 Å². The second-order valence-corrected chi connectivity index (χ2v) is 7.17. The van der Waals surface area contributed by atoms with Crippen molar-refractivity contribution < 1.29 is 0 Å². The van der Waals surface area contributed by atoms with Gasteiger partial charge in [0.05, 0.1) is 0 Å². The predicted molar refractivity (Wildman–Crippen MR) is 82.2 cm³/mol. The Bertz CT molecular complexity index is 320. The van der Waals surface area contributed by atoms with E-state index in [1.54, 1.807) is 5.57 Å². The van der Waals surface area contributed by atoms with Gasteiger partial charge in [-0.15, -0.1) is 0 Å². The zero-order chi connectivity index (χ0) is 13.1. The molecule has 0 aliphatic heterocycles. The highest BCUT2D eigenvalue weighted by Gasteiger charge is 2.35. The summed E-state index contributed by atoms with van der Waals surface area (Å²) in [5.41, 5.74) is 1.74. The first-order valence-corrected chi connectivity index (χ1v) is 8.74. The molecule has 2 saturated carbocycles. The summed E-state index contributed by atoms with van der Waals surface area (Å²) in [5, 5.41) is 3.67. The minimum atomic E-state index is 0.697. The maximum absolute atomic E-state index is 3.67. The Morgan fingerprint density at radius 2 is 1.84 bits per heavy atom. The molecule has 1 heteroatoms. The van der Waals surface area contributed by atoms with Gasteiger partial charge in [-0.2, -0.15) is 0 Å². The van der Waals surface area contributed by atoms with Gasteiger partial charge in [-0.3, -0.25) is 0 Å². The fourth-order valence-electron chi connectivity index (χ4n) is 5.08. The summed E-state index contributed by atoms with van der Waals surface area (Å²) in [6.07, 6.45) is 18.6. The van der Waals surface area contributed by atoms with Crippen LogP contribution in [0.1, 0.15) is 70.6 Å². The maximum atomic E-state index is 3.67. The summed E-state index contributed by atoms with van der Waals surface area (Å²) in [6, 6.07) is 0.697. The van der Waals surface area contributed by atoms with E-state index in [2.05, 4.69) is 18.4 Å². The quantitative estimate of drug-likeness (QED) is 0.727. The van der Waals surface area contributed by atoms with Crippen molar-refractivity contribution >= 4 is 0 Å². The molecule has 1 nitrogen and oxygen atoms in total. The Hall–Kier alpha value is -0.300. The number of nitrogens with one attached hydrogen (secondary N) is 1. The van der Waals surface area contributed by atoms with Gasteiger partial charge >= 0.3 is 0 Å². The fourth-order valence-corrected chi connectivity index (χ4v) is 5.08. The topological polar surface area (TPSA) is 12.0 Å². The lowest BCUT2D eigenvalue weighted by Crippen LogP contribution is -2.41. The Morgan fingerprint density at radius 1 is 1.00 bits per heavy atom. The van der Waals surface area contributed by atoms with Gasteiger partial charge in [0.25, 0.3) is 0 Å². The SMILES string of the molecule is CNC(C1=CCCCC1)C1CCC2CCCCC2C1. The number of fused-ring (bicyclic) bond motifs is 1. The van der Waals surface area contributed by atoms with Crippen molar-refractivity contribution in [1.29, 1.82) is 0 Å². The van der Waals surface area contributed by atoms with E-state index >= 15 is 0 Å². The highest BCUT2D eigenvalue weighted by Crippen LogP contribution is 2.44. The van der Waals surface area contributed by atoms with Crippen LogP contribution >= 0.6 is 0 Å². The molecular formula is C18H31N. The highest BCUT2D eigenvalue weighted by atomic mass is 14.9. The molecule has 1 N–H and O–H groups in total. The lowest BCUT2D eigenvalue weighted by molar-refractivity contribution is 0.116. The van der Waals surface area contributed by atoms with E-state index in [0.717, 1.165) is 17.8 Å². The molecule has 3 aliphatic carbocycles. The maximum Gasteiger partial charge on any atom is 0.0305 e. The van der Waals surface area contributed by atoms with Gasteiger partial charge in [-0.1, -0.05) is 37.3 Å². The number of rotatable bonds is 3. The van der Waals surface area contributed by atoms with Crippen LogP contribution in [0.15, 0.2) is 11.6 Å². The third-order valence-electron chi connectivity index (χ3n) is 6.09. The molecule has 0 amide bonds. The molecule has 0 aromatic carbocycles. The largest absolute Gasteiger partial charge is 0.313 e. The third-order valence-corrected chi connectivity index (χ3v) is 6.09. The van der Waals surface area contributed by atoms with Gasteiger partial charge < -0.3 is 5.32 Å². The van der Waals surface area contributed by atoms with Crippen LogP contribution in [-0.2, 0) is 0 Å². The van der Waals surface area contributed by atoms with Crippen molar-refractivity contribution in [1.82, 2.24) is 5.32 Å². The van der Waals surface area contributed by atoms with Crippen LogP contribution < -0.4 is 5.32 Å². The lowest BCUT2D eigenvalue weighted by atomic mass is 9.65. The van der Waals surface area contributed by atoms with Gasteiger partial charge in [0.2, 0.25) is 0 Å². The molecule has 0 bridgehead atoms. The Labute approximate surface area is 119 Å². The molecule has 3 aliphatic rings. The van der Waals surface area contributed by atoms with Crippen LogP contribution in [0.4, 0.5) is 0 Å². The monoisotopic (exact) mass is 261 g/mol. The number of hydrogen-bond donors (Lipinski definition) is 1. The molecule has 0 radical (unpaired) electrons. The molecule has 0 saturated heterocycles. The Balaban J connectivity index is 1.65. The van der Waals surface area contributed by atoms with Crippen molar-refractivity contribution in [3.05, 3.63) is 11.6 Å². The molecular weight excluding hydrogens is 230 g/mol. The summed E-state index contributed by atoms with van der Waals surface area (Å²) < 4.78 is 0. The normalized spacial score (nSPS) is 37.3. The van der Waals surface area contributed by atoms with E-state index in [0.29, 0.717) is 6.04 Å². The molecule has 19 heavy (non-hydrogen) atoms. The fraction of sp³-hybridized carbons (Fsp3) is 0.889. The van der Waals surface area contributed by atoms with Crippen molar-refractivity contribution in [2.45, 2.75) is 76.7 Å². The molecule has 108 valence electrons. The second-order valence-electron chi connectivity index (χ2n) is 7.17. The average Bonchev–Trinajstić information content (AvgIpc) is 2.49. The van der Waals surface area contributed by atoms with Crippen molar-refractivity contribution in [2.75, 3.05) is 7.05 Å². The molecule has 0 spiro atoms.